The number of aromatic nitrogens is 2. The van der Waals surface area contributed by atoms with Gasteiger partial charge in [-0.15, -0.1) is 0 Å². The zero-order chi connectivity index (χ0) is 10.4. The van der Waals surface area contributed by atoms with Gasteiger partial charge in [0.15, 0.2) is 0 Å². The van der Waals surface area contributed by atoms with Crippen LogP contribution in [0, 0.1) is 0 Å². The van der Waals surface area contributed by atoms with Gasteiger partial charge in [-0.3, -0.25) is 9.36 Å². The van der Waals surface area contributed by atoms with Crippen LogP contribution in [0.2, 0.25) is 5.15 Å². The van der Waals surface area contributed by atoms with Crippen LogP contribution in [0.1, 0.15) is 12.8 Å². The lowest BCUT2D eigenvalue weighted by atomic mass is 10.3. The number of methoxy groups -OCH3 is 1. The van der Waals surface area contributed by atoms with Gasteiger partial charge in [0.25, 0.3) is 5.56 Å². The van der Waals surface area contributed by atoms with Crippen LogP contribution in [-0.2, 0) is 11.3 Å². The molecular formula is C9H13ClN2O2. The summed E-state index contributed by atoms with van der Waals surface area (Å²) in [6.07, 6.45) is 3.31. The van der Waals surface area contributed by atoms with Crippen molar-refractivity contribution in [1.29, 1.82) is 0 Å². The normalized spacial score (nSPS) is 10.4. The summed E-state index contributed by atoms with van der Waals surface area (Å²) in [5.74, 6) is 0. The van der Waals surface area contributed by atoms with Crippen LogP contribution in [0.5, 0.6) is 0 Å². The minimum atomic E-state index is -0.109. The number of rotatable bonds is 5. The van der Waals surface area contributed by atoms with Crippen LogP contribution in [0.15, 0.2) is 17.2 Å². The molecule has 0 bridgehead atoms. The molecule has 0 aromatic carbocycles. The molecule has 0 fully saturated rings. The molecule has 1 aromatic rings. The molecule has 0 amide bonds. The number of aryl methyl sites for hydroxylation is 1. The molecule has 1 heterocycles. The molecule has 1 rings (SSSR count). The van der Waals surface area contributed by atoms with Gasteiger partial charge in [0.1, 0.15) is 5.15 Å². The summed E-state index contributed by atoms with van der Waals surface area (Å²) in [6, 6.07) is 1.32. The average molecular weight is 217 g/mol. The first kappa shape index (κ1) is 11.2. The summed E-state index contributed by atoms with van der Waals surface area (Å²) < 4.78 is 6.45. The molecule has 0 spiro atoms. The lowest BCUT2D eigenvalue weighted by Gasteiger charge is -2.03. The van der Waals surface area contributed by atoms with Crippen molar-refractivity contribution >= 4 is 11.6 Å². The minimum Gasteiger partial charge on any atom is -0.385 e. The summed E-state index contributed by atoms with van der Waals surface area (Å²) in [5.41, 5.74) is -0.109. The van der Waals surface area contributed by atoms with Crippen molar-refractivity contribution in [2.45, 2.75) is 19.4 Å². The van der Waals surface area contributed by atoms with E-state index in [1.165, 1.54) is 12.4 Å². The van der Waals surface area contributed by atoms with E-state index in [0.29, 0.717) is 6.54 Å². The van der Waals surface area contributed by atoms with E-state index >= 15 is 0 Å². The van der Waals surface area contributed by atoms with Gasteiger partial charge in [-0.1, -0.05) is 11.6 Å². The summed E-state index contributed by atoms with van der Waals surface area (Å²) >= 11 is 5.56. The van der Waals surface area contributed by atoms with Gasteiger partial charge >= 0.3 is 0 Å². The Morgan fingerprint density at radius 2 is 2.36 bits per heavy atom. The summed E-state index contributed by atoms with van der Waals surface area (Å²) in [4.78, 5) is 15.1. The SMILES string of the molecule is COCCCCn1cnc(Cl)cc1=O. The largest absolute Gasteiger partial charge is 0.385 e. The van der Waals surface area contributed by atoms with E-state index in [-0.39, 0.29) is 10.7 Å². The van der Waals surface area contributed by atoms with Crippen LogP contribution < -0.4 is 5.56 Å². The molecule has 0 saturated carbocycles. The van der Waals surface area contributed by atoms with Crippen LogP contribution in [-0.4, -0.2) is 23.3 Å². The monoisotopic (exact) mass is 216 g/mol. The Morgan fingerprint density at radius 1 is 1.57 bits per heavy atom. The highest BCUT2D eigenvalue weighted by molar-refractivity contribution is 6.29. The lowest BCUT2D eigenvalue weighted by Crippen LogP contribution is -2.19. The quantitative estimate of drug-likeness (QED) is 0.551. The summed E-state index contributed by atoms with van der Waals surface area (Å²) in [7, 11) is 1.66. The second-order valence-corrected chi connectivity index (χ2v) is 3.33. The highest BCUT2D eigenvalue weighted by Gasteiger charge is 1.97. The highest BCUT2D eigenvalue weighted by atomic mass is 35.5. The van der Waals surface area contributed by atoms with Gasteiger partial charge in [0.2, 0.25) is 0 Å². The Balaban J connectivity index is 2.47. The van der Waals surface area contributed by atoms with Gasteiger partial charge in [0.05, 0.1) is 6.33 Å². The molecular weight excluding hydrogens is 204 g/mol. The molecule has 0 saturated heterocycles. The van der Waals surface area contributed by atoms with Crippen LogP contribution in [0.25, 0.3) is 0 Å². The first-order valence-electron chi connectivity index (χ1n) is 4.45. The van der Waals surface area contributed by atoms with Crippen LogP contribution >= 0.6 is 11.6 Å². The highest BCUT2D eigenvalue weighted by Crippen LogP contribution is 1.98. The first-order valence-corrected chi connectivity index (χ1v) is 4.83. The van der Waals surface area contributed by atoms with E-state index < -0.39 is 0 Å². The molecule has 0 aliphatic heterocycles. The van der Waals surface area contributed by atoms with E-state index in [1.807, 2.05) is 0 Å². The van der Waals surface area contributed by atoms with E-state index in [9.17, 15) is 4.79 Å². The lowest BCUT2D eigenvalue weighted by molar-refractivity contribution is 0.191. The molecule has 78 valence electrons. The molecule has 5 heteroatoms. The Labute approximate surface area is 87.5 Å². The number of nitrogens with zero attached hydrogens (tertiary/aromatic N) is 2. The van der Waals surface area contributed by atoms with E-state index in [2.05, 4.69) is 4.98 Å². The van der Waals surface area contributed by atoms with Crippen molar-refractivity contribution in [3.63, 3.8) is 0 Å². The number of ether oxygens (including phenoxy) is 1. The summed E-state index contributed by atoms with van der Waals surface area (Å²) in [5, 5.41) is 0.239. The Hall–Kier alpha value is -0.870. The summed E-state index contributed by atoms with van der Waals surface area (Å²) in [6.45, 7) is 1.38. The zero-order valence-corrected chi connectivity index (χ0v) is 8.83. The van der Waals surface area contributed by atoms with E-state index in [4.69, 9.17) is 16.3 Å². The number of unbranched alkanes of at least 4 members (excludes halogenated alkanes) is 1. The third kappa shape index (κ3) is 3.47. The van der Waals surface area contributed by atoms with Crippen molar-refractivity contribution < 1.29 is 4.74 Å². The fourth-order valence-electron chi connectivity index (χ4n) is 1.10. The van der Waals surface area contributed by atoms with E-state index in [0.717, 1.165) is 19.4 Å². The molecule has 0 radical (unpaired) electrons. The van der Waals surface area contributed by atoms with Crippen molar-refractivity contribution in [3.05, 3.63) is 27.9 Å². The molecule has 4 nitrogen and oxygen atoms in total. The first-order chi connectivity index (χ1) is 6.74. The molecule has 0 aliphatic rings. The Morgan fingerprint density at radius 3 is 3.00 bits per heavy atom. The number of hydrogen-bond donors (Lipinski definition) is 0. The topological polar surface area (TPSA) is 44.1 Å². The number of halogens is 1. The average Bonchev–Trinajstić information content (AvgIpc) is 2.15. The standard InChI is InChI=1S/C9H13ClN2O2/c1-14-5-3-2-4-12-7-11-8(10)6-9(12)13/h6-7H,2-5H2,1H3. The number of hydrogen-bond acceptors (Lipinski definition) is 3. The molecule has 0 aliphatic carbocycles. The predicted octanol–water partition coefficient (Wildman–Crippen LogP) is 1.32. The molecule has 0 N–H and O–H groups in total. The van der Waals surface area contributed by atoms with Crippen molar-refractivity contribution in [2.24, 2.45) is 0 Å². The maximum absolute atomic E-state index is 11.3. The maximum atomic E-state index is 11.3. The van der Waals surface area contributed by atoms with Gasteiger partial charge in [0, 0.05) is 26.3 Å². The zero-order valence-electron chi connectivity index (χ0n) is 8.07. The second-order valence-electron chi connectivity index (χ2n) is 2.94. The Kier molecular flexibility index (Phi) is 4.62. The molecule has 1 aromatic heterocycles. The predicted molar refractivity (Wildman–Crippen MR) is 54.6 cm³/mol. The third-order valence-electron chi connectivity index (χ3n) is 1.84. The molecule has 0 atom stereocenters. The van der Waals surface area contributed by atoms with Crippen LogP contribution in [0.4, 0.5) is 0 Å². The third-order valence-corrected chi connectivity index (χ3v) is 2.05. The Bertz CT molecular complexity index is 338. The second kappa shape index (κ2) is 5.78. The van der Waals surface area contributed by atoms with Gasteiger partial charge in [-0.25, -0.2) is 4.98 Å². The maximum Gasteiger partial charge on any atom is 0.254 e. The fourth-order valence-corrected chi connectivity index (χ4v) is 1.24. The van der Waals surface area contributed by atoms with Gasteiger partial charge in [-0.2, -0.15) is 0 Å². The van der Waals surface area contributed by atoms with Crippen molar-refractivity contribution in [1.82, 2.24) is 9.55 Å². The van der Waals surface area contributed by atoms with Crippen molar-refractivity contribution in [2.75, 3.05) is 13.7 Å². The van der Waals surface area contributed by atoms with Crippen LogP contribution in [0.3, 0.4) is 0 Å². The minimum absolute atomic E-state index is 0.109. The fraction of sp³-hybridized carbons (Fsp3) is 0.556. The molecule has 0 unspecified atom stereocenters. The van der Waals surface area contributed by atoms with Gasteiger partial charge in [-0.05, 0) is 12.8 Å². The molecule has 14 heavy (non-hydrogen) atoms. The van der Waals surface area contributed by atoms with Gasteiger partial charge < -0.3 is 4.74 Å². The van der Waals surface area contributed by atoms with E-state index in [1.54, 1.807) is 11.7 Å². The smallest absolute Gasteiger partial charge is 0.254 e. The van der Waals surface area contributed by atoms with Crippen molar-refractivity contribution in [3.8, 4) is 0 Å².